The third-order valence-corrected chi connectivity index (χ3v) is 6.06. The van der Waals surface area contributed by atoms with Gasteiger partial charge in [-0.1, -0.05) is 25.1 Å². The number of aromatic nitrogens is 2. The molecule has 1 aliphatic rings. The van der Waals surface area contributed by atoms with E-state index < -0.39 is 0 Å². The van der Waals surface area contributed by atoms with E-state index in [-0.39, 0.29) is 12.1 Å². The summed E-state index contributed by atoms with van der Waals surface area (Å²) in [5.41, 5.74) is 7.29. The van der Waals surface area contributed by atoms with Crippen LogP contribution >= 0.6 is 12.2 Å². The van der Waals surface area contributed by atoms with Gasteiger partial charge in [-0.2, -0.15) is 0 Å². The van der Waals surface area contributed by atoms with E-state index in [1.807, 2.05) is 18.3 Å². The van der Waals surface area contributed by atoms with E-state index >= 15 is 0 Å². The molecule has 4 nitrogen and oxygen atoms in total. The first-order valence-electron chi connectivity index (χ1n) is 10.2. The predicted molar refractivity (Wildman–Crippen MR) is 122 cm³/mol. The molecule has 1 N–H and O–H groups in total. The van der Waals surface area contributed by atoms with Gasteiger partial charge in [-0.15, -0.1) is 0 Å². The lowest BCUT2D eigenvalue weighted by Crippen LogP contribution is -2.30. The molecule has 3 heterocycles. The summed E-state index contributed by atoms with van der Waals surface area (Å²) >= 11 is 5.73. The second-order valence-corrected chi connectivity index (χ2v) is 8.21. The van der Waals surface area contributed by atoms with Crippen LogP contribution in [0.5, 0.6) is 0 Å². The van der Waals surface area contributed by atoms with Crippen LogP contribution < -0.4 is 5.32 Å². The lowest BCUT2D eigenvalue weighted by molar-refractivity contribution is 0.316. The van der Waals surface area contributed by atoms with Crippen LogP contribution in [0, 0.1) is 20.8 Å². The summed E-state index contributed by atoms with van der Waals surface area (Å²) in [6.07, 6.45) is 2.90. The molecule has 1 fully saturated rings. The summed E-state index contributed by atoms with van der Waals surface area (Å²) in [6, 6.07) is 17.2. The topological polar surface area (TPSA) is 33.1 Å². The Kier molecular flexibility index (Phi) is 5.41. The summed E-state index contributed by atoms with van der Waals surface area (Å²) in [5, 5.41) is 4.36. The fourth-order valence-electron chi connectivity index (χ4n) is 4.48. The average Bonchev–Trinajstić information content (AvgIpc) is 3.18. The summed E-state index contributed by atoms with van der Waals surface area (Å²) in [4.78, 5) is 6.97. The molecular weight excluding hydrogens is 376 g/mol. The van der Waals surface area contributed by atoms with E-state index in [0.717, 1.165) is 23.8 Å². The molecule has 0 saturated carbocycles. The number of nitrogens with one attached hydrogen (secondary N) is 1. The fourth-order valence-corrected chi connectivity index (χ4v) is 4.81. The number of benzene rings is 1. The van der Waals surface area contributed by atoms with E-state index in [2.05, 4.69) is 83.9 Å². The van der Waals surface area contributed by atoms with Gasteiger partial charge < -0.3 is 14.8 Å². The molecule has 1 saturated heterocycles. The van der Waals surface area contributed by atoms with Gasteiger partial charge in [0.25, 0.3) is 0 Å². The Morgan fingerprint density at radius 3 is 2.59 bits per heavy atom. The van der Waals surface area contributed by atoms with Crippen LogP contribution in [0.4, 0.5) is 0 Å². The molecule has 0 aliphatic carbocycles. The van der Waals surface area contributed by atoms with E-state index in [4.69, 9.17) is 12.2 Å². The quantitative estimate of drug-likeness (QED) is 0.594. The highest BCUT2D eigenvalue weighted by Gasteiger charge is 2.40. The van der Waals surface area contributed by atoms with E-state index in [9.17, 15) is 0 Å². The third kappa shape index (κ3) is 3.55. The average molecular weight is 405 g/mol. The summed E-state index contributed by atoms with van der Waals surface area (Å²) in [5.74, 6) is 0. The minimum atomic E-state index is 0.0432. The number of hydrogen-bond donors (Lipinski definition) is 1. The Hall–Kier alpha value is -2.66. The standard InChI is InChI=1S/C24H28N4S/c1-5-13-27-23(22(26-24(27)29)21-11-6-7-12-25-21)20-15-17(3)28(18(20)4)19-10-8-9-16(2)14-19/h6-12,14-15,22-23H,5,13H2,1-4H3,(H,26,29)/t22-,23+/m1/s1. The van der Waals surface area contributed by atoms with E-state index in [0.29, 0.717) is 0 Å². The van der Waals surface area contributed by atoms with E-state index in [1.54, 1.807) is 0 Å². The van der Waals surface area contributed by atoms with Crippen LogP contribution in [-0.4, -0.2) is 26.1 Å². The van der Waals surface area contributed by atoms with Crippen molar-refractivity contribution in [1.29, 1.82) is 0 Å². The van der Waals surface area contributed by atoms with Gasteiger partial charge in [0.1, 0.15) is 0 Å². The van der Waals surface area contributed by atoms with Crippen molar-refractivity contribution >= 4 is 17.3 Å². The lowest BCUT2D eigenvalue weighted by Gasteiger charge is -2.27. The molecule has 0 bridgehead atoms. The second kappa shape index (κ2) is 7.99. The number of pyridine rings is 1. The van der Waals surface area contributed by atoms with Gasteiger partial charge in [0.15, 0.2) is 5.11 Å². The third-order valence-electron chi connectivity index (χ3n) is 5.71. The molecule has 1 aromatic carbocycles. The number of hydrogen-bond acceptors (Lipinski definition) is 2. The minimum absolute atomic E-state index is 0.0432. The first-order valence-corrected chi connectivity index (χ1v) is 10.7. The Labute approximate surface area is 178 Å². The zero-order valence-corrected chi connectivity index (χ0v) is 18.3. The zero-order chi connectivity index (χ0) is 20.5. The number of nitrogens with zero attached hydrogens (tertiary/aromatic N) is 3. The molecule has 4 rings (SSSR count). The predicted octanol–water partition coefficient (Wildman–Crippen LogP) is 5.18. The maximum absolute atomic E-state index is 5.73. The highest BCUT2D eigenvalue weighted by Crippen LogP contribution is 2.41. The van der Waals surface area contributed by atoms with Crippen molar-refractivity contribution in [2.24, 2.45) is 0 Å². The van der Waals surface area contributed by atoms with Crippen LogP contribution in [0.15, 0.2) is 54.7 Å². The van der Waals surface area contributed by atoms with Gasteiger partial charge in [-0.3, -0.25) is 4.98 Å². The largest absolute Gasteiger partial charge is 0.352 e. The van der Waals surface area contributed by atoms with Crippen LogP contribution in [0.3, 0.4) is 0 Å². The Bertz CT molecular complexity index is 1020. The van der Waals surface area contributed by atoms with Crippen molar-refractivity contribution < 1.29 is 0 Å². The molecule has 0 radical (unpaired) electrons. The first kappa shape index (κ1) is 19.6. The van der Waals surface area contributed by atoms with Gasteiger partial charge in [-0.25, -0.2) is 0 Å². The molecule has 3 aromatic rings. The SMILES string of the molecule is CCCN1C(=S)N[C@H](c2ccccn2)[C@@H]1c1cc(C)n(-c2cccc(C)c2)c1C. The van der Waals surface area contributed by atoms with Crippen LogP contribution in [0.25, 0.3) is 5.69 Å². The van der Waals surface area contributed by atoms with Crippen molar-refractivity contribution in [2.75, 3.05) is 6.54 Å². The van der Waals surface area contributed by atoms with Crippen LogP contribution in [0.1, 0.15) is 53.6 Å². The molecule has 0 amide bonds. The minimum Gasteiger partial charge on any atom is -0.352 e. The number of aryl methyl sites for hydroxylation is 2. The van der Waals surface area contributed by atoms with Crippen molar-refractivity contribution in [3.05, 3.63) is 82.9 Å². The summed E-state index contributed by atoms with van der Waals surface area (Å²) in [7, 11) is 0. The van der Waals surface area contributed by atoms with Crippen molar-refractivity contribution in [3.63, 3.8) is 0 Å². The summed E-state index contributed by atoms with van der Waals surface area (Å²) < 4.78 is 2.35. The van der Waals surface area contributed by atoms with Gasteiger partial charge in [-0.05, 0) is 80.9 Å². The van der Waals surface area contributed by atoms with Crippen LogP contribution in [-0.2, 0) is 0 Å². The normalized spacial score (nSPS) is 18.9. The Morgan fingerprint density at radius 1 is 1.07 bits per heavy atom. The molecule has 5 heteroatoms. The summed E-state index contributed by atoms with van der Waals surface area (Å²) in [6.45, 7) is 9.65. The van der Waals surface area contributed by atoms with Crippen LogP contribution in [0.2, 0.25) is 0 Å². The van der Waals surface area contributed by atoms with Crippen molar-refractivity contribution in [1.82, 2.24) is 19.8 Å². The molecular formula is C24H28N4S. The Morgan fingerprint density at radius 2 is 1.90 bits per heavy atom. The lowest BCUT2D eigenvalue weighted by atomic mass is 9.96. The molecule has 2 aromatic heterocycles. The number of rotatable bonds is 5. The molecule has 0 unspecified atom stereocenters. The fraction of sp³-hybridized carbons (Fsp3) is 0.333. The second-order valence-electron chi connectivity index (χ2n) is 7.82. The number of thiocarbonyl (C=S) groups is 1. The Balaban J connectivity index is 1.84. The van der Waals surface area contributed by atoms with Gasteiger partial charge in [0.2, 0.25) is 0 Å². The highest BCUT2D eigenvalue weighted by molar-refractivity contribution is 7.80. The maximum atomic E-state index is 5.73. The van der Waals surface area contributed by atoms with Gasteiger partial charge in [0, 0.05) is 29.8 Å². The van der Waals surface area contributed by atoms with E-state index in [1.165, 1.54) is 28.2 Å². The first-order chi connectivity index (χ1) is 14.0. The molecule has 2 atom stereocenters. The van der Waals surface area contributed by atoms with Crippen molar-refractivity contribution in [2.45, 2.75) is 46.2 Å². The van der Waals surface area contributed by atoms with Crippen molar-refractivity contribution in [3.8, 4) is 5.69 Å². The smallest absolute Gasteiger partial charge is 0.170 e. The maximum Gasteiger partial charge on any atom is 0.170 e. The molecule has 1 aliphatic heterocycles. The molecule has 0 spiro atoms. The molecule has 29 heavy (non-hydrogen) atoms. The zero-order valence-electron chi connectivity index (χ0n) is 17.5. The molecule has 150 valence electrons. The van der Waals surface area contributed by atoms with Gasteiger partial charge in [0.05, 0.1) is 17.8 Å². The van der Waals surface area contributed by atoms with Gasteiger partial charge >= 0.3 is 0 Å². The highest BCUT2D eigenvalue weighted by atomic mass is 32.1. The monoisotopic (exact) mass is 404 g/mol.